The van der Waals surface area contributed by atoms with Crippen LogP contribution in [0.4, 0.5) is 0 Å². The third-order valence-corrected chi connectivity index (χ3v) is 2.98. The van der Waals surface area contributed by atoms with Gasteiger partial charge in [-0.15, -0.1) is 0 Å². The molecule has 0 fully saturated rings. The normalized spacial score (nSPS) is 10.4. The van der Waals surface area contributed by atoms with Gasteiger partial charge >= 0.3 is 5.97 Å². The number of esters is 1. The molecule has 0 aliphatic carbocycles. The molecule has 7 nitrogen and oxygen atoms in total. The molecule has 0 atom stereocenters. The number of furan rings is 1. The minimum Gasteiger partial charge on any atom is -0.469 e. The lowest BCUT2D eigenvalue weighted by Crippen LogP contribution is -2.33. The van der Waals surface area contributed by atoms with Crippen LogP contribution in [-0.2, 0) is 9.53 Å². The molecule has 0 radical (unpaired) electrons. The summed E-state index contributed by atoms with van der Waals surface area (Å²) in [6, 6.07) is 4.94. The molecule has 0 spiro atoms. The Kier molecular flexibility index (Phi) is 4.76. The minimum absolute atomic E-state index is 0.138. The Morgan fingerprint density at radius 2 is 2.19 bits per heavy atom. The van der Waals surface area contributed by atoms with Crippen molar-refractivity contribution < 1.29 is 23.3 Å². The molecular formula is C14H16N2O5. The third-order valence-electron chi connectivity index (χ3n) is 2.98. The van der Waals surface area contributed by atoms with Gasteiger partial charge in [-0.25, -0.2) is 0 Å². The van der Waals surface area contributed by atoms with E-state index in [0.29, 0.717) is 18.1 Å². The van der Waals surface area contributed by atoms with Crippen molar-refractivity contribution in [3.63, 3.8) is 0 Å². The standard InChI is InChI=1S/C14H16N2O5/c1-3-16(7-6-13(17)19-2)14(18)10-9-12(21-15-10)11-5-4-8-20-11/h4-5,8-9H,3,6-7H2,1-2H3. The van der Waals surface area contributed by atoms with Crippen molar-refractivity contribution in [1.29, 1.82) is 0 Å². The molecule has 112 valence electrons. The van der Waals surface area contributed by atoms with Crippen molar-refractivity contribution in [3.05, 3.63) is 30.2 Å². The van der Waals surface area contributed by atoms with Gasteiger partial charge in [-0.1, -0.05) is 5.16 Å². The predicted octanol–water partition coefficient (Wildman–Crippen LogP) is 1.96. The van der Waals surface area contributed by atoms with E-state index >= 15 is 0 Å². The second kappa shape index (κ2) is 6.74. The van der Waals surface area contributed by atoms with Crippen LogP contribution in [-0.4, -0.2) is 42.1 Å². The summed E-state index contributed by atoms with van der Waals surface area (Å²) in [6.45, 7) is 2.55. The van der Waals surface area contributed by atoms with Crippen LogP contribution >= 0.6 is 0 Å². The maximum atomic E-state index is 12.3. The van der Waals surface area contributed by atoms with E-state index in [-0.39, 0.29) is 30.5 Å². The van der Waals surface area contributed by atoms with Crippen molar-refractivity contribution in [2.45, 2.75) is 13.3 Å². The summed E-state index contributed by atoms with van der Waals surface area (Å²) in [5.41, 5.74) is 0.174. The Hall–Kier alpha value is -2.57. The fraction of sp³-hybridized carbons (Fsp3) is 0.357. The second-order valence-electron chi connectivity index (χ2n) is 4.26. The quantitative estimate of drug-likeness (QED) is 0.756. The highest BCUT2D eigenvalue weighted by Gasteiger charge is 2.20. The van der Waals surface area contributed by atoms with Crippen LogP contribution in [0.2, 0.25) is 0 Å². The fourth-order valence-corrected chi connectivity index (χ4v) is 1.80. The van der Waals surface area contributed by atoms with Gasteiger partial charge in [-0.2, -0.15) is 0 Å². The topological polar surface area (TPSA) is 85.8 Å². The molecule has 0 saturated heterocycles. The molecule has 0 saturated carbocycles. The van der Waals surface area contributed by atoms with Crippen molar-refractivity contribution in [3.8, 4) is 11.5 Å². The first-order valence-corrected chi connectivity index (χ1v) is 6.52. The third kappa shape index (κ3) is 3.50. The number of carbonyl (C=O) groups excluding carboxylic acids is 2. The number of aromatic nitrogens is 1. The fourth-order valence-electron chi connectivity index (χ4n) is 1.80. The zero-order valence-corrected chi connectivity index (χ0v) is 11.9. The molecule has 2 aromatic heterocycles. The van der Waals surface area contributed by atoms with Gasteiger partial charge in [0.1, 0.15) is 0 Å². The highest BCUT2D eigenvalue weighted by atomic mass is 16.5. The van der Waals surface area contributed by atoms with Gasteiger partial charge in [-0.05, 0) is 19.1 Å². The maximum absolute atomic E-state index is 12.3. The molecule has 1 amide bonds. The van der Waals surface area contributed by atoms with Gasteiger partial charge in [0.2, 0.25) is 5.76 Å². The van der Waals surface area contributed by atoms with E-state index in [9.17, 15) is 9.59 Å². The van der Waals surface area contributed by atoms with Crippen LogP contribution in [0, 0.1) is 0 Å². The Morgan fingerprint density at radius 3 is 2.81 bits per heavy atom. The summed E-state index contributed by atoms with van der Waals surface area (Å²) >= 11 is 0. The molecule has 2 rings (SSSR count). The number of ether oxygens (including phenoxy) is 1. The van der Waals surface area contributed by atoms with Crippen molar-refractivity contribution in [2.24, 2.45) is 0 Å². The molecule has 21 heavy (non-hydrogen) atoms. The van der Waals surface area contributed by atoms with Crippen molar-refractivity contribution in [1.82, 2.24) is 10.1 Å². The lowest BCUT2D eigenvalue weighted by molar-refractivity contribution is -0.140. The van der Waals surface area contributed by atoms with Crippen LogP contribution < -0.4 is 0 Å². The van der Waals surface area contributed by atoms with E-state index in [2.05, 4.69) is 9.89 Å². The van der Waals surface area contributed by atoms with Crippen LogP contribution in [0.5, 0.6) is 0 Å². The maximum Gasteiger partial charge on any atom is 0.307 e. The Labute approximate surface area is 121 Å². The van der Waals surface area contributed by atoms with Crippen LogP contribution in [0.25, 0.3) is 11.5 Å². The van der Waals surface area contributed by atoms with Gasteiger partial charge in [-0.3, -0.25) is 9.59 Å². The second-order valence-corrected chi connectivity index (χ2v) is 4.26. The summed E-state index contributed by atoms with van der Waals surface area (Å²) in [7, 11) is 1.31. The van der Waals surface area contributed by atoms with Crippen molar-refractivity contribution in [2.75, 3.05) is 20.2 Å². The lowest BCUT2D eigenvalue weighted by atomic mass is 10.2. The Morgan fingerprint density at radius 1 is 1.38 bits per heavy atom. The molecule has 0 aromatic carbocycles. The van der Waals surface area contributed by atoms with Crippen LogP contribution in [0.1, 0.15) is 23.8 Å². The summed E-state index contributed by atoms with van der Waals surface area (Å²) in [5.74, 6) is 0.215. The number of hydrogen-bond acceptors (Lipinski definition) is 6. The van der Waals surface area contributed by atoms with Gasteiger partial charge in [0.15, 0.2) is 11.5 Å². The van der Waals surface area contributed by atoms with E-state index in [1.807, 2.05) is 6.92 Å². The van der Waals surface area contributed by atoms with E-state index < -0.39 is 0 Å². The van der Waals surface area contributed by atoms with E-state index in [1.165, 1.54) is 24.3 Å². The summed E-state index contributed by atoms with van der Waals surface area (Å²) in [4.78, 5) is 24.9. The zero-order valence-electron chi connectivity index (χ0n) is 11.9. The van der Waals surface area contributed by atoms with Crippen LogP contribution in [0.15, 0.2) is 33.4 Å². The smallest absolute Gasteiger partial charge is 0.307 e. The van der Waals surface area contributed by atoms with Gasteiger partial charge in [0.05, 0.1) is 19.8 Å². The van der Waals surface area contributed by atoms with Gasteiger partial charge < -0.3 is 18.6 Å². The number of nitrogens with zero attached hydrogens (tertiary/aromatic N) is 2. The minimum atomic E-state index is -0.363. The molecule has 0 N–H and O–H groups in total. The number of rotatable bonds is 6. The van der Waals surface area contributed by atoms with E-state index in [1.54, 1.807) is 12.1 Å². The highest BCUT2D eigenvalue weighted by molar-refractivity contribution is 5.93. The highest BCUT2D eigenvalue weighted by Crippen LogP contribution is 2.21. The molecule has 2 aromatic rings. The van der Waals surface area contributed by atoms with Gasteiger partial charge in [0, 0.05) is 19.2 Å². The molecular weight excluding hydrogens is 276 g/mol. The summed E-state index contributed by atoms with van der Waals surface area (Å²) in [5, 5.41) is 3.75. The van der Waals surface area contributed by atoms with Crippen molar-refractivity contribution >= 4 is 11.9 Å². The van der Waals surface area contributed by atoms with Crippen LogP contribution in [0.3, 0.4) is 0 Å². The number of methoxy groups -OCH3 is 1. The monoisotopic (exact) mass is 292 g/mol. The zero-order chi connectivity index (χ0) is 15.2. The lowest BCUT2D eigenvalue weighted by Gasteiger charge is -2.18. The Balaban J connectivity index is 2.05. The number of amides is 1. The van der Waals surface area contributed by atoms with Gasteiger partial charge in [0.25, 0.3) is 5.91 Å². The number of carbonyl (C=O) groups is 2. The molecule has 0 aliphatic heterocycles. The first kappa shape index (κ1) is 14.8. The van der Waals surface area contributed by atoms with E-state index in [4.69, 9.17) is 8.94 Å². The summed E-state index contributed by atoms with van der Waals surface area (Å²) in [6.07, 6.45) is 1.65. The SMILES string of the molecule is CCN(CCC(=O)OC)C(=O)c1cc(-c2ccco2)on1. The first-order chi connectivity index (χ1) is 10.2. The Bertz CT molecular complexity index is 603. The molecule has 7 heteroatoms. The number of hydrogen-bond donors (Lipinski definition) is 0. The largest absolute Gasteiger partial charge is 0.469 e. The molecule has 0 unspecified atom stereocenters. The average molecular weight is 292 g/mol. The summed E-state index contributed by atoms with van der Waals surface area (Å²) < 4.78 is 14.8. The first-order valence-electron chi connectivity index (χ1n) is 6.52. The average Bonchev–Trinajstić information content (AvgIpc) is 3.17. The molecule has 0 aliphatic rings. The molecule has 2 heterocycles. The predicted molar refractivity (Wildman–Crippen MR) is 72.4 cm³/mol. The molecule has 0 bridgehead atoms. The van der Waals surface area contributed by atoms with E-state index in [0.717, 1.165) is 0 Å².